The number of hydrogen-bond acceptors (Lipinski definition) is 5. The number of aromatic nitrogens is 1. The van der Waals surface area contributed by atoms with Crippen molar-refractivity contribution in [3.8, 4) is 17.2 Å². The van der Waals surface area contributed by atoms with E-state index in [-0.39, 0.29) is 12.3 Å². The number of carbonyl (C=O) groups is 1. The molecule has 2 heterocycles. The van der Waals surface area contributed by atoms with E-state index in [1.54, 1.807) is 13.2 Å². The molecule has 1 aliphatic heterocycles. The summed E-state index contributed by atoms with van der Waals surface area (Å²) >= 11 is 1.45. The van der Waals surface area contributed by atoms with Gasteiger partial charge in [-0.3, -0.25) is 4.79 Å². The Morgan fingerprint density at radius 2 is 2.07 bits per heavy atom. The van der Waals surface area contributed by atoms with Gasteiger partial charge in [-0.1, -0.05) is 29.5 Å². The molecule has 0 spiro atoms. The van der Waals surface area contributed by atoms with Crippen molar-refractivity contribution in [2.24, 2.45) is 4.99 Å². The predicted molar refractivity (Wildman–Crippen MR) is 108 cm³/mol. The van der Waals surface area contributed by atoms with Crippen molar-refractivity contribution in [2.75, 3.05) is 20.3 Å². The molecule has 0 saturated carbocycles. The smallest absolute Gasteiger partial charge is 0.252 e. The molecule has 1 aromatic heterocycles. The van der Waals surface area contributed by atoms with Crippen molar-refractivity contribution in [3.63, 3.8) is 0 Å². The van der Waals surface area contributed by atoms with Crippen molar-refractivity contribution in [1.82, 2.24) is 4.57 Å². The van der Waals surface area contributed by atoms with E-state index in [0.717, 1.165) is 27.3 Å². The zero-order valence-electron chi connectivity index (χ0n) is 15.5. The average Bonchev–Trinajstić information content (AvgIpc) is 3.02. The molecular formula is C21H20N2O4S. The molecule has 2 aromatic carbocycles. The van der Waals surface area contributed by atoms with Crippen molar-refractivity contribution >= 4 is 27.5 Å². The second kappa shape index (κ2) is 7.90. The second-order valence-electron chi connectivity index (χ2n) is 6.28. The SMILES string of the molecule is C=CCn1c(=NC(=O)Cc2cccc(OC)c2)sc2cc3c(cc21)OCCO3. The van der Waals surface area contributed by atoms with E-state index >= 15 is 0 Å². The topological polar surface area (TPSA) is 62.1 Å². The number of ether oxygens (including phenoxy) is 3. The average molecular weight is 396 g/mol. The highest BCUT2D eigenvalue weighted by molar-refractivity contribution is 7.16. The van der Waals surface area contributed by atoms with E-state index in [4.69, 9.17) is 14.2 Å². The van der Waals surface area contributed by atoms with Crippen LogP contribution in [0.5, 0.6) is 17.2 Å². The molecule has 0 fully saturated rings. The van der Waals surface area contributed by atoms with Gasteiger partial charge in [0.2, 0.25) is 0 Å². The maximum absolute atomic E-state index is 12.6. The van der Waals surface area contributed by atoms with E-state index in [0.29, 0.717) is 30.3 Å². The molecule has 144 valence electrons. The first-order valence-corrected chi connectivity index (χ1v) is 9.74. The number of benzene rings is 2. The molecule has 0 atom stereocenters. The summed E-state index contributed by atoms with van der Waals surface area (Å²) in [6.45, 7) is 5.43. The third-order valence-corrected chi connectivity index (χ3v) is 5.41. The fourth-order valence-corrected chi connectivity index (χ4v) is 4.17. The third-order valence-electron chi connectivity index (χ3n) is 4.37. The molecule has 28 heavy (non-hydrogen) atoms. The Labute approximate surface area is 166 Å². The van der Waals surface area contributed by atoms with Crippen LogP contribution in [-0.4, -0.2) is 30.8 Å². The number of methoxy groups -OCH3 is 1. The lowest BCUT2D eigenvalue weighted by molar-refractivity contribution is -0.117. The first-order chi connectivity index (χ1) is 13.7. The Kier molecular flexibility index (Phi) is 5.16. The van der Waals surface area contributed by atoms with Crippen molar-refractivity contribution < 1.29 is 19.0 Å². The first kappa shape index (κ1) is 18.3. The summed E-state index contributed by atoms with van der Waals surface area (Å²) in [5.41, 5.74) is 1.81. The van der Waals surface area contributed by atoms with Crippen LogP contribution in [-0.2, 0) is 17.8 Å². The minimum atomic E-state index is -0.213. The number of rotatable bonds is 5. The maximum Gasteiger partial charge on any atom is 0.252 e. The Bertz CT molecular complexity index is 1110. The first-order valence-electron chi connectivity index (χ1n) is 8.92. The molecule has 0 bridgehead atoms. The minimum absolute atomic E-state index is 0.211. The summed E-state index contributed by atoms with van der Waals surface area (Å²) in [6, 6.07) is 11.3. The molecule has 7 heteroatoms. The minimum Gasteiger partial charge on any atom is -0.497 e. The molecule has 0 aliphatic carbocycles. The number of nitrogens with zero attached hydrogens (tertiary/aromatic N) is 2. The summed E-state index contributed by atoms with van der Waals surface area (Å²) in [5, 5.41) is 0. The number of hydrogen-bond donors (Lipinski definition) is 0. The quantitative estimate of drug-likeness (QED) is 0.621. The number of fused-ring (bicyclic) bond motifs is 2. The van der Waals surface area contributed by atoms with E-state index < -0.39 is 0 Å². The maximum atomic E-state index is 12.6. The van der Waals surface area contributed by atoms with Gasteiger partial charge >= 0.3 is 0 Å². The van der Waals surface area contributed by atoms with Crippen LogP contribution in [0.25, 0.3) is 10.2 Å². The normalized spacial score (nSPS) is 13.5. The van der Waals surface area contributed by atoms with Gasteiger partial charge < -0.3 is 18.8 Å². The fourth-order valence-electron chi connectivity index (χ4n) is 3.10. The lowest BCUT2D eigenvalue weighted by Crippen LogP contribution is -2.17. The summed E-state index contributed by atoms with van der Waals surface area (Å²) in [6.07, 6.45) is 2.00. The number of carbonyl (C=O) groups excluding carboxylic acids is 1. The van der Waals surface area contributed by atoms with Crippen LogP contribution in [0.2, 0.25) is 0 Å². The summed E-state index contributed by atoms with van der Waals surface area (Å²) in [7, 11) is 1.60. The molecular weight excluding hydrogens is 376 g/mol. The van der Waals surface area contributed by atoms with Crippen molar-refractivity contribution in [2.45, 2.75) is 13.0 Å². The Morgan fingerprint density at radius 3 is 2.82 bits per heavy atom. The van der Waals surface area contributed by atoms with E-state index in [2.05, 4.69) is 11.6 Å². The Morgan fingerprint density at radius 1 is 1.29 bits per heavy atom. The van der Waals surface area contributed by atoms with Crippen LogP contribution >= 0.6 is 11.3 Å². The van der Waals surface area contributed by atoms with Crippen LogP contribution < -0.4 is 19.0 Å². The number of thiazole rings is 1. The lowest BCUT2D eigenvalue weighted by Gasteiger charge is -2.18. The standard InChI is InChI=1S/C21H20N2O4S/c1-3-7-23-16-12-17-18(27-9-8-26-17)13-19(16)28-21(23)22-20(24)11-14-5-4-6-15(10-14)25-2/h3-6,10,12-13H,1,7-9,11H2,2H3. The Balaban J connectivity index is 1.72. The monoisotopic (exact) mass is 396 g/mol. The van der Waals surface area contributed by atoms with Gasteiger partial charge in [-0.05, 0) is 17.7 Å². The summed E-state index contributed by atoms with van der Waals surface area (Å²) < 4.78 is 19.5. The van der Waals surface area contributed by atoms with Gasteiger partial charge in [0, 0.05) is 18.7 Å². The van der Waals surface area contributed by atoms with Gasteiger partial charge in [-0.2, -0.15) is 4.99 Å². The molecule has 0 N–H and O–H groups in total. The highest BCUT2D eigenvalue weighted by atomic mass is 32.1. The molecule has 3 aromatic rings. The van der Waals surface area contributed by atoms with Gasteiger partial charge in [-0.15, -0.1) is 6.58 Å². The predicted octanol–water partition coefficient (Wildman–Crippen LogP) is 3.34. The van der Waals surface area contributed by atoms with Gasteiger partial charge in [0.15, 0.2) is 16.3 Å². The number of allylic oxidation sites excluding steroid dienone is 1. The van der Waals surface area contributed by atoms with Gasteiger partial charge in [-0.25, -0.2) is 0 Å². The lowest BCUT2D eigenvalue weighted by atomic mass is 10.1. The van der Waals surface area contributed by atoms with E-state index in [1.807, 2.05) is 41.0 Å². The Hall–Kier alpha value is -3.06. The summed E-state index contributed by atoms with van der Waals surface area (Å²) in [5.74, 6) is 1.94. The van der Waals surface area contributed by atoms with Crippen molar-refractivity contribution in [1.29, 1.82) is 0 Å². The molecule has 1 aliphatic rings. The highest BCUT2D eigenvalue weighted by Gasteiger charge is 2.16. The summed E-state index contributed by atoms with van der Waals surface area (Å²) in [4.78, 5) is 17.6. The molecule has 0 saturated heterocycles. The fraction of sp³-hybridized carbons (Fsp3) is 0.238. The molecule has 1 amide bonds. The van der Waals surface area contributed by atoms with Crippen LogP contribution in [0.1, 0.15) is 5.56 Å². The van der Waals surface area contributed by atoms with Gasteiger partial charge in [0.05, 0.1) is 23.7 Å². The van der Waals surface area contributed by atoms with E-state index in [1.165, 1.54) is 11.3 Å². The third kappa shape index (κ3) is 3.66. The second-order valence-corrected chi connectivity index (χ2v) is 7.29. The zero-order valence-corrected chi connectivity index (χ0v) is 16.3. The van der Waals surface area contributed by atoms with Crippen LogP contribution in [0.15, 0.2) is 54.0 Å². The van der Waals surface area contributed by atoms with Crippen molar-refractivity contribution in [3.05, 3.63) is 59.4 Å². The molecule has 0 unspecified atom stereocenters. The highest BCUT2D eigenvalue weighted by Crippen LogP contribution is 2.35. The van der Waals surface area contributed by atoms with Crippen LogP contribution in [0.4, 0.5) is 0 Å². The zero-order chi connectivity index (χ0) is 19.5. The van der Waals surface area contributed by atoms with Gasteiger partial charge in [0.1, 0.15) is 19.0 Å². The van der Waals surface area contributed by atoms with Crippen LogP contribution in [0, 0.1) is 0 Å². The number of amides is 1. The molecule has 0 radical (unpaired) electrons. The van der Waals surface area contributed by atoms with Crippen LogP contribution in [0.3, 0.4) is 0 Å². The van der Waals surface area contributed by atoms with E-state index in [9.17, 15) is 4.79 Å². The molecule has 4 rings (SSSR count). The molecule has 6 nitrogen and oxygen atoms in total. The largest absolute Gasteiger partial charge is 0.497 e. The van der Waals surface area contributed by atoms with Gasteiger partial charge in [0.25, 0.3) is 5.91 Å².